The number of carbonyl (C=O) groups excluding carboxylic acids is 2. The van der Waals surface area contributed by atoms with Crippen LogP contribution in [0.4, 0.5) is 10.1 Å². The van der Waals surface area contributed by atoms with Crippen molar-refractivity contribution < 1.29 is 14.0 Å². The maximum absolute atomic E-state index is 13.6. The molecule has 0 saturated carbocycles. The molecule has 1 N–H and O–H groups in total. The van der Waals surface area contributed by atoms with Gasteiger partial charge in [0.2, 0.25) is 5.91 Å². The van der Waals surface area contributed by atoms with Crippen molar-refractivity contribution in [1.82, 2.24) is 19.7 Å². The molecule has 2 amide bonds. The first-order valence-electron chi connectivity index (χ1n) is 10.8. The van der Waals surface area contributed by atoms with Crippen molar-refractivity contribution >= 4 is 28.4 Å². The average Bonchev–Trinajstić information content (AvgIpc) is 3.39. The SMILES string of the molecule is CN(C)C(=O)c1ccc(N[C@H]2CCN(CC(=O)N3C[C@@H](F)CC3C#N)C2)c2cccnc12. The number of carbonyl (C=O) groups is 2. The number of nitrogens with zero attached hydrogens (tertiary/aromatic N) is 5. The number of fused-ring (bicyclic) bond motifs is 1. The van der Waals surface area contributed by atoms with Crippen LogP contribution < -0.4 is 5.32 Å². The Morgan fingerprint density at radius 1 is 1.31 bits per heavy atom. The Balaban J connectivity index is 1.43. The molecule has 1 unspecified atom stereocenters. The number of nitrogens with one attached hydrogen (secondary N) is 1. The van der Waals surface area contributed by atoms with Gasteiger partial charge in [-0.05, 0) is 30.7 Å². The molecule has 1 aromatic heterocycles. The second-order valence-corrected chi connectivity index (χ2v) is 8.65. The molecule has 0 aliphatic carbocycles. The van der Waals surface area contributed by atoms with Crippen LogP contribution in [0.25, 0.3) is 10.9 Å². The van der Waals surface area contributed by atoms with Crippen molar-refractivity contribution in [3.05, 3.63) is 36.0 Å². The Morgan fingerprint density at radius 2 is 2.12 bits per heavy atom. The van der Waals surface area contributed by atoms with Gasteiger partial charge in [-0.25, -0.2) is 4.39 Å². The smallest absolute Gasteiger partial charge is 0.255 e. The second kappa shape index (κ2) is 9.09. The molecule has 0 spiro atoms. The first kappa shape index (κ1) is 22.0. The number of rotatable bonds is 5. The van der Waals surface area contributed by atoms with E-state index < -0.39 is 12.2 Å². The van der Waals surface area contributed by atoms with Gasteiger partial charge in [0.25, 0.3) is 5.91 Å². The van der Waals surface area contributed by atoms with E-state index in [0.717, 1.165) is 24.0 Å². The molecule has 4 rings (SSSR count). The van der Waals surface area contributed by atoms with Crippen LogP contribution in [0.2, 0.25) is 0 Å². The van der Waals surface area contributed by atoms with E-state index in [1.54, 1.807) is 26.4 Å². The fourth-order valence-corrected chi connectivity index (χ4v) is 4.49. The van der Waals surface area contributed by atoms with Gasteiger partial charge in [-0.1, -0.05) is 0 Å². The average molecular weight is 439 g/mol. The van der Waals surface area contributed by atoms with Gasteiger partial charge in [-0.3, -0.25) is 19.5 Å². The minimum Gasteiger partial charge on any atom is -0.380 e. The largest absolute Gasteiger partial charge is 0.380 e. The molecular weight excluding hydrogens is 411 g/mol. The van der Waals surface area contributed by atoms with E-state index in [1.807, 2.05) is 29.2 Å². The Labute approximate surface area is 186 Å². The monoisotopic (exact) mass is 438 g/mol. The fraction of sp³-hybridized carbons (Fsp3) is 0.478. The van der Waals surface area contributed by atoms with Crippen molar-refractivity contribution in [2.24, 2.45) is 0 Å². The van der Waals surface area contributed by atoms with Gasteiger partial charge >= 0.3 is 0 Å². The summed E-state index contributed by atoms with van der Waals surface area (Å²) in [5, 5.41) is 13.6. The van der Waals surface area contributed by atoms with Gasteiger partial charge in [0.15, 0.2) is 0 Å². The molecule has 3 heterocycles. The summed E-state index contributed by atoms with van der Waals surface area (Å²) in [6, 6.07) is 8.96. The quantitative estimate of drug-likeness (QED) is 0.767. The third-order valence-electron chi connectivity index (χ3n) is 6.12. The number of alkyl halides is 1. The predicted octanol–water partition coefficient (Wildman–Crippen LogP) is 1.89. The maximum Gasteiger partial charge on any atom is 0.255 e. The Hall–Kier alpha value is -3.25. The normalized spacial score (nSPS) is 23.3. The van der Waals surface area contributed by atoms with Gasteiger partial charge in [0.05, 0.1) is 30.2 Å². The van der Waals surface area contributed by atoms with Crippen LogP contribution in [0.3, 0.4) is 0 Å². The molecule has 2 fully saturated rings. The molecule has 0 bridgehead atoms. The highest BCUT2D eigenvalue weighted by Gasteiger charge is 2.36. The third-order valence-corrected chi connectivity index (χ3v) is 6.12. The summed E-state index contributed by atoms with van der Waals surface area (Å²) in [5.74, 6) is -0.294. The predicted molar refractivity (Wildman–Crippen MR) is 119 cm³/mol. The van der Waals surface area contributed by atoms with Crippen LogP contribution in [-0.4, -0.2) is 90.0 Å². The van der Waals surface area contributed by atoms with Gasteiger partial charge in [-0.15, -0.1) is 0 Å². The third kappa shape index (κ3) is 4.36. The molecule has 2 saturated heterocycles. The van der Waals surface area contributed by atoms with Crippen LogP contribution in [0, 0.1) is 11.3 Å². The number of hydrogen-bond donors (Lipinski definition) is 1. The molecule has 1 aromatic carbocycles. The van der Waals surface area contributed by atoms with E-state index in [1.165, 1.54) is 9.80 Å². The zero-order valence-corrected chi connectivity index (χ0v) is 18.3. The first-order chi connectivity index (χ1) is 15.4. The molecular formula is C23H27FN6O2. The highest BCUT2D eigenvalue weighted by molar-refractivity contribution is 6.08. The second-order valence-electron chi connectivity index (χ2n) is 8.65. The molecule has 0 radical (unpaired) electrons. The Bertz CT molecular complexity index is 1070. The molecule has 2 aliphatic rings. The molecule has 2 aliphatic heterocycles. The summed E-state index contributed by atoms with van der Waals surface area (Å²) in [6.07, 6.45) is 1.50. The molecule has 8 nitrogen and oxygen atoms in total. The number of hydrogen-bond acceptors (Lipinski definition) is 6. The minimum absolute atomic E-state index is 0.00356. The summed E-state index contributed by atoms with van der Waals surface area (Å²) >= 11 is 0. The topological polar surface area (TPSA) is 92.6 Å². The standard InChI is InChI=1S/C23H27FN6O2/c1-28(2)23(32)19-5-6-20(18-4-3-8-26-22(18)19)27-16-7-9-29(13-16)14-21(31)30-12-15(24)10-17(30)11-25/h3-6,8,15-17,27H,7,9-10,12-14H2,1-2H3/t15-,16-,17?/m0/s1. The van der Waals surface area contributed by atoms with Crippen molar-refractivity contribution in [2.75, 3.05) is 45.6 Å². The van der Waals surface area contributed by atoms with Crippen molar-refractivity contribution in [3.8, 4) is 6.07 Å². The first-order valence-corrected chi connectivity index (χ1v) is 10.8. The van der Waals surface area contributed by atoms with Crippen molar-refractivity contribution in [3.63, 3.8) is 0 Å². The zero-order chi connectivity index (χ0) is 22.8. The molecule has 9 heteroatoms. The summed E-state index contributed by atoms with van der Waals surface area (Å²) in [5.41, 5.74) is 2.10. The lowest BCUT2D eigenvalue weighted by Gasteiger charge is -2.23. The number of benzene rings is 1. The van der Waals surface area contributed by atoms with Gasteiger partial charge in [0.1, 0.15) is 12.2 Å². The lowest BCUT2D eigenvalue weighted by molar-refractivity contribution is -0.132. The van der Waals surface area contributed by atoms with Crippen molar-refractivity contribution in [1.29, 1.82) is 5.26 Å². The lowest BCUT2D eigenvalue weighted by atomic mass is 10.1. The lowest BCUT2D eigenvalue weighted by Crippen LogP contribution is -2.42. The van der Waals surface area contributed by atoms with E-state index in [2.05, 4.69) is 10.3 Å². The number of nitriles is 1. The molecule has 3 atom stereocenters. The van der Waals surface area contributed by atoms with E-state index in [-0.39, 0.29) is 37.4 Å². The number of aromatic nitrogens is 1. The van der Waals surface area contributed by atoms with E-state index in [4.69, 9.17) is 0 Å². The highest BCUT2D eigenvalue weighted by Crippen LogP contribution is 2.28. The van der Waals surface area contributed by atoms with Gasteiger partial charge in [-0.2, -0.15) is 5.26 Å². The Morgan fingerprint density at radius 3 is 2.88 bits per heavy atom. The zero-order valence-electron chi connectivity index (χ0n) is 18.3. The van der Waals surface area contributed by atoms with Crippen LogP contribution in [0.15, 0.2) is 30.5 Å². The Kier molecular flexibility index (Phi) is 6.24. The minimum atomic E-state index is -1.12. The summed E-state index contributed by atoms with van der Waals surface area (Å²) in [4.78, 5) is 34.5. The molecule has 168 valence electrons. The number of amides is 2. The van der Waals surface area contributed by atoms with Crippen LogP contribution in [0.5, 0.6) is 0 Å². The van der Waals surface area contributed by atoms with E-state index >= 15 is 0 Å². The number of pyridine rings is 1. The molecule has 32 heavy (non-hydrogen) atoms. The summed E-state index contributed by atoms with van der Waals surface area (Å²) < 4.78 is 13.6. The van der Waals surface area contributed by atoms with E-state index in [0.29, 0.717) is 17.6 Å². The summed E-state index contributed by atoms with van der Waals surface area (Å²) in [6.45, 7) is 1.59. The highest BCUT2D eigenvalue weighted by atomic mass is 19.1. The fourth-order valence-electron chi connectivity index (χ4n) is 4.49. The summed E-state index contributed by atoms with van der Waals surface area (Å²) in [7, 11) is 3.43. The van der Waals surface area contributed by atoms with E-state index in [9.17, 15) is 19.2 Å². The number of halogens is 1. The van der Waals surface area contributed by atoms with Crippen LogP contribution in [-0.2, 0) is 4.79 Å². The maximum atomic E-state index is 13.6. The number of anilines is 1. The number of likely N-dealkylation sites (tertiary alicyclic amines) is 2. The van der Waals surface area contributed by atoms with Crippen molar-refractivity contribution in [2.45, 2.75) is 31.1 Å². The van der Waals surface area contributed by atoms with Crippen LogP contribution in [0.1, 0.15) is 23.2 Å². The van der Waals surface area contributed by atoms with Gasteiger partial charge < -0.3 is 15.1 Å². The van der Waals surface area contributed by atoms with Gasteiger partial charge in [0, 0.05) is 56.9 Å². The van der Waals surface area contributed by atoms with Crippen LogP contribution >= 0.6 is 0 Å². The molecule has 2 aromatic rings.